The first-order valence-electron chi connectivity index (χ1n) is 9.77. The van der Waals surface area contributed by atoms with Gasteiger partial charge in [0.1, 0.15) is 16.3 Å². The molecular formula is C22H20N4O4S2. The Kier molecular flexibility index (Phi) is 6.62. The molecule has 4 aromatic rings. The van der Waals surface area contributed by atoms with Crippen molar-refractivity contribution in [3.05, 3.63) is 90.3 Å². The van der Waals surface area contributed by atoms with Gasteiger partial charge in [0.05, 0.1) is 19.3 Å². The van der Waals surface area contributed by atoms with Crippen molar-refractivity contribution in [3.63, 3.8) is 0 Å². The van der Waals surface area contributed by atoms with E-state index in [2.05, 4.69) is 15.3 Å². The molecule has 32 heavy (non-hydrogen) atoms. The van der Waals surface area contributed by atoms with Crippen molar-refractivity contribution in [1.29, 1.82) is 0 Å². The number of benzene rings is 1. The van der Waals surface area contributed by atoms with Gasteiger partial charge in [-0.2, -0.15) is 0 Å². The van der Waals surface area contributed by atoms with E-state index >= 15 is 0 Å². The number of nitrogens with one attached hydrogen (secondary N) is 2. The summed E-state index contributed by atoms with van der Waals surface area (Å²) in [5.74, 6) is 0.252. The summed E-state index contributed by atoms with van der Waals surface area (Å²) < 4.78 is 6.20. The van der Waals surface area contributed by atoms with Gasteiger partial charge >= 0.3 is 5.69 Å². The molecule has 0 aliphatic rings. The number of nitrogens with zero attached hydrogens (tertiary/aromatic N) is 2. The highest BCUT2D eigenvalue weighted by molar-refractivity contribution is 7.13. The van der Waals surface area contributed by atoms with Gasteiger partial charge in [0.2, 0.25) is 0 Å². The number of aromatic amines is 1. The van der Waals surface area contributed by atoms with Gasteiger partial charge in [-0.3, -0.25) is 14.2 Å². The third kappa shape index (κ3) is 4.87. The van der Waals surface area contributed by atoms with Crippen molar-refractivity contribution in [2.24, 2.45) is 0 Å². The molecule has 3 aromatic heterocycles. The minimum Gasteiger partial charge on any atom is -0.497 e. The maximum absolute atomic E-state index is 12.7. The fourth-order valence-electron chi connectivity index (χ4n) is 3.06. The molecule has 0 spiro atoms. The molecule has 4 rings (SSSR count). The van der Waals surface area contributed by atoms with E-state index < -0.39 is 17.2 Å². The minimum absolute atomic E-state index is 0.0987. The average Bonchev–Trinajstić information content (AvgIpc) is 3.49. The van der Waals surface area contributed by atoms with Crippen molar-refractivity contribution in [1.82, 2.24) is 19.9 Å². The van der Waals surface area contributed by atoms with Crippen molar-refractivity contribution in [3.8, 4) is 16.3 Å². The van der Waals surface area contributed by atoms with E-state index in [-0.39, 0.29) is 12.1 Å². The number of rotatable bonds is 8. The number of H-pyrrole nitrogens is 1. The molecule has 0 bridgehead atoms. The summed E-state index contributed by atoms with van der Waals surface area (Å²) in [6.07, 6.45) is 1.68. The lowest BCUT2D eigenvalue weighted by Gasteiger charge is -2.07. The summed E-state index contributed by atoms with van der Waals surface area (Å²) in [4.78, 5) is 45.2. The minimum atomic E-state index is -0.616. The van der Waals surface area contributed by atoms with Crippen molar-refractivity contribution in [2.75, 3.05) is 13.7 Å². The Hall–Kier alpha value is -3.50. The highest BCUT2D eigenvalue weighted by Gasteiger charge is 2.15. The van der Waals surface area contributed by atoms with Gasteiger partial charge in [0, 0.05) is 35.0 Å². The number of methoxy groups -OCH3 is 1. The van der Waals surface area contributed by atoms with Crippen LogP contribution in [0.2, 0.25) is 0 Å². The normalized spacial score (nSPS) is 10.8. The van der Waals surface area contributed by atoms with Gasteiger partial charge in [-0.25, -0.2) is 9.78 Å². The molecule has 0 radical (unpaired) electrons. The summed E-state index contributed by atoms with van der Waals surface area (Å²) in [6.45, 7) is 0.439. The predicted molar refractivity (Wildman–Crippen MR) is 125 cm³/mol. The fourth-order valence-corrected chi connectivity index (χ4v) is 4.62. The van der Waals surface area contributed by atoms with E-state index in [9.17, 15) is 14.4 Å². The standard InChI is InChI=1S/C22H20N4O4S2/c1-30-16-6-4-14(5-7-16)20-25-15(13-32-20)8-9-23-19(27)18-11-24-22(29)26(21(18)28)12-17-3-2-10-31-17/h2-7,10-11,13H,8-9,12H2,1H3,(H,23,27)(H,24,29). The second kappa shape index (κ2) is 9.75. The Bertz CT molecular complexity index is 1320. The maximum Gasteiger partial charge on any atom is 0.328 e. The third-order valence-corrected chi connectivity index (χ3v) is 6.56. The van der Waals surface area contributed by atoms with Crippen LogP contribution in [0.4, 0.5) is 0 Å². The van der Waals surface area contributed by atoms with Crippen LogP contribution in [0, 0.1) is 0 Å². The quantitative estimate of drug-likeness (QED) is 0.414. The van der Waals surface area contributed by atoms with Gasteiger partial charge in [-0.05, 0) is 35.7 Å². The lowest BCUT2D eigenvalue weighted by molar-refractivity contribution is 0.0951. The first-order chi connectivity index (χ1) is 15.5. The fraction of sp³-hybridized carbons (Fsp3) is 0.182. The van der Waals surface area contributed by atoms with E-state index in [0.29, 0.717) is 13.0 Å². The first kappa shape index (κ1) is 21.7. The zero-order valence-electron chi connectivity index (χ0n) is 17.2. The molecule has 0 fully saturated rings. The molecule has 1 amide bonds. The van der Waals surface area contributed by atoms with E-state index in [1.165, 1.54) is 22.7 Å². The molecule has 0 saturated heterocycles. The maximum atomic E-state index is 12.7. The van der Waals surface area contributed by atoms with Crippen LogP contribution in [0.3, 0.4) is 0 Å². The number of amides is 1. The molecule has 1 aromatic carbocycles. The second-order valence-electron chi connectivity index (χ2n) is 6.86. The molecule has 164 valence electrons. The molecule has 0 atom stereocenters. The number of thiazole rings is 1. The lowest BCUT2D eigenvalue weighted by atomic mass is 10.2. The van der Waals surface area contributed by atoms with E-state index in [0.717, 1.165) is 37.7 Å². The summed E-state index contributed by atoms with van der Waals surface area (Å²) in [5, 5.41) is 7.42. The zero-order valence-corrected chi connectivity index (χ0v) is 18.8. The highest BCUT2D eigenvalue weighted by atomic mass is 32.1. The Morgan fingerprint density at radius 3 is 2.72 bits per heavy atom. The topological polar surface area (TPSA) is 106 Å². The molecule has 0 saturated carbocycles. The van der Waals surface area contributed by atoms with Crippen LogP contribution in [-0.2, 0) is 13.0 Å². The van der Waals surface area contributed by atoms with Crippen LogP contribution in [0.1, 0.15) is 20.9 Å². The van der Waals surface area contributed by atoms with Gasteiger partial charge in [-0.15, -0.1) is 22.7 Å². The zero-order chi connectivity index (χ0) is 22.5. The Morgan fingerprint density at radius 1 is 1.19 bits per heavy atom. The highest BCUT2D eigenvalue weighted by Crippen LogP contribution is 2.25. The number of hydrogen-bond acceptors (Lipinski definition) is 7. The largest absolute Gasteiger partial charge is 0.497 e. The van der Waals surface area contributed by atoms with Crippen molar-refractivity contribution < 1.29 is 9.53 Å². The number of thiophene rings is 1. The molecule has 8 nitrogen and oxygen atoms in total. The lowest BCUT2D eigenvalue weighted by Crippen LogP contribution is -2.41. The second-order valence-corrected chi connectivity index (χ2v) is 8.75. The van der Waals surface area contributed by atoms with Crippen LogP contribution in [0.5, 0.6) is 5.75 Å². The van der Waals surface area contributed by atoms with Crippen LogP contribution in [0.25, 0.3) is 10.6 Å². The Balaban J connectivity index is 1.39. The molecule has 3 heterocycles. The molecule has 0 unspecified atom stereocenters. The molecule has 0 aliphatic carbocycles. The summed E-state index contributed by atoms with van der Waals surface area (Å²) >= 11 is 2.96. The van der Waals surface area contributed by atoms with Crippen molar-refractivity contribution in [2.45, 2.75) is 13.0 Å². The van der Waals surface area contributed by atoms with E-state index in [1.807, 2.05) is 47.2 Å². The van der Waals surface area contributed by atoms with Gasteiger partial charge in [0.15, 0.2) is 0 Å². The number of carbonyl (C=O) groups excluding carboxylic acids is 1. The van der Waals surface area contributed by atoms with Gasteiger partial charge in [-0.1, -0.05) is 6.07 Å². The van der Waals surface area contributed by atoms with Crippen LogP contribution in [0.15, 0.2) is 62.9 Å². The first-order valence-corrected chi connectivity index (χ1v) is 11.5. The van der Waals surface area contributed by atoms with Crippen LogP contribution >= 0.6 is 22.7 Å². The predicted octanol–water partition coefficient (Wildman–Crippen LogP) is 2.75. The van der Waals surface area contributed by atoms with Gasteiger partial charge < -0.3 is 15.0 Å². The summed E-state index contributed by atoms with van der Waals surface area (Å²) in [5.41, 5.74) is 0.574. The number of carbonyl (C=O) groups is 1. The monoisotopic (exact) mass is 468 g/mol. The van der Waals surface area contributed by atoms with E-state index in [4.69, 9.17) is 4.74 Å². The van der Waals surface area contributed by atoms with Crippen molar-refractivity contribution >= 4 is 28.6 Å². The van der Waals surface area contributed by atoms with E-state index in [1.54, 1.807) is 7.11 Å². The SMILES string of the molecule is COc1ccc(-c2nc(CCNC(=O)c3c[nH]c(=O)n(Cc4cccs4)c3=O)cs2)cc1. The molecular weight excluding hydrogens is 448 g/mol. The molecule has 0 aliphatic heterocycles. The smallest absolute Gasteiger partial charge is 0.328 e. The summed E-state index contributed by atoms with van der Waals surface area (Å²) in [7, 11) is 1.62. The van der Waals surface area contributed by atoms with Crippen LogP contribution in [-0.4, -0.2) is 34.1 Å². The number of aromatic nitrogens is 3. The summed E-state index contributed by atoms with van der Waals surface area (Å²) in [6, 6.07) is 11.3. The molecule has 2 N–H and O–H groups in total. The van der Waals surface area contributed by atoms with Crippen LogP contribution < -0.4 is 21.3 Å². The third-order valence-electron chi connectivity index (χ3n) is 4.75. The molecule has 10 heteroatoms. The Morgan fingerprint density at radius 2 is 2.00 bits per heavy atom. The number of ether oxygens (including phenoxy) is 1. The number of hydrogen-bond donors (Lipinski definition) is 2. The average molecular weight is 469 g/mol. The Labute approximate surface area is 191 Å². The van der Waals surface area contributed by atoms with Gasteiger partial charge in [0.25, 0.3) is 11.5 Å².